The number of rotatable bonds is 2. The lowest BCUT2D eigenvalue weighted by Crippen LogP contribution is -2.16. The fourth-order valence-electron chi connectivity index (χ4n) is 2.26. The molecule has 4 N–H and O–H groups in total. The third-order valence-electron chi connectivity index (χ3n) is 3.24. The van der Waals surface area contributed by atoms with Gasteiger partial charge in [0.05, 0.1) is 5.56 Å². The van der Waals surface area contributed by atoms with Crippen LogP contribution in [0.4, 0.5) is 5.69 Å². The summed E-state index contributed by atoms with van der Waals surface area (Å²) >= 11 is 0. The molecule has 3 rings (SSSR count). The molecule has 6 nitrogen and oxygen atoms in total. The summed E-state index contributed by atoms with van der Waals surface area (Å²) in [6.07, 6.45) is 0. The lowest BCUT2D eigenvalue weighted by Gasteiger charge is -2.09. The highest BCUT2D eigenvalue weighted by molar-refractivity contribution is 6.09. The number of fused-ring (bicyclic) bond motifs is 1. The monoisotopic (exact) mass is 296 g/mol. The highest BCUT2D eigenvalue weighted by Gasteiger charge is 2.11. The molecule has 1 heterocycles. The van der Waals surface area contributed by atoms with Gasteiger partial charge in [0, 0.05) is 28.6 Å². The topological polar surface area (TPSA) is 102 Å². The molecule has 6 heteroatoms. The Bertz CT molecular complexity index is 931. The van der Waals surface area contributed by atoms with Crippen molar-refractivity contribution in [3.05, 3.63) is 64.4 Å². The van der Waals surface area contributed by atoms with Crippen LogP contribution in [0.15, 0.2) is 53.3 Å². The molecular formula is C16H12N2O4. The van der Waals surface area contributed by atoms with Gasteiger partial charge in [-0.2, -0.15) is 0 Å². The van der Waals surface area contributed by atoms with Crippen molar-refractivity contribution in [2.75, 3.05) is 5.32 Å². The van der Waals surface area contributed by atoms with E-state index in [9.17, 15) is 19.8 Å². The van der Waals surface area contributed by atoms with Crippen LogP contribution in [-0.2, 0) is 0 Å². The number of benzene rings is 2. The molecule has 0 radical (unpaired) electrons. The van der Waals surface area contributed by atoms with E-state index in [-0.39, 0.29) is 17.2 Å². The van der Waals surface area contributed by atoms with Crippen molar-refractivity contribution in [1.82, 2.24) is 4.98 Å². The van der Waals surface area contributed by atoms with Gasteiger partial charge in [-0.15, -0.1) is 0 Å². The van der Waals surface area contributed by atoms with Crippen molar-refractivity contribution in [3.63, 3.8) is 0 Å². The van der Waals surface area contributed by atoms with Crippen LogP contribution in [0.25, 0.3) is 10.8 Å². The van der Waals surface area contributed by atoms with Crippen molar-refractivity contribution in [2.45, 2.75) is 0 Å². The molecule has 0 unspecified atom stereocenters. The van der Waals surface area contributed by atoms with Gasteiger partial charge >= 0.3 is 0 Å². The minimum absolute atomic E-state index is 0.0402. The van der Waals surface area contributed by atoms with E-state index < -0.39 is 11.5 Å². The molecule has 0 saturated heterocycles. The van der Waals surface area contributed by atoms with E-state index in [1.807, 2.05) is 0 Å². The molecule has 22 heavy (non-hydrogen) atoms. The molecule has 0 aliphatic rings. The second-order valence-electron chi connectivity index (χ2n) is 4.75. The number of hydrogen-bond donors (Lipinski definition) is 4. The number of amides is 1. The van der Waals surface area contributed by atoms with E-state index in [0.717, 1.165) is 6.07 Å². The first-order valence-corrected chi connectivity index (χ1v) is 6.50. The first kappa shape index (κ1) is 13.7. The number of carbonyl (C=O) groups excluding carboxylic acids is 1. The number of aromatic nitrogens is 1. The molecule has 0 bridgehead atoms. The Hall–Kier alpha value is -3.28. The molecule has 2 aromatic carbocycles. The molecule has 110 valence electrons. The van der Waals surface area contributed by atoms with E-state index in [1.165, 1.54) is 6.07 Å². The molecule has 3 aromatic rings. The fraction of sp³-hybridized carbons (Fsp3) is 0. The summed E-state index contributed by atoms with van der Waals surface area (Å²) in [7, 11) is 0. The average molecular weight is 296 g/mol. The lowest BCUT2D eigenvalue weighted by atomic mass is 10.1. The first-order valence-electron chi connectivity index (χ1n) is 6.50. The third kappa shape index (κ3) is 2.49. The van der Waals surface area contributed by atoms with Crippen LogP contribution < -0.4 is 10.9 Å². The molecule has 0 fully saturated rings. The van der Waals surface area contributed by atoms with Gasteiger partial charge in [-0.1, -0.05) is 24.3 Å². The number of pyridine rings is 1. The third-order valence-corrected chi connectivity index (χ3v) is 3.24. The van der Waals surface area contributed by atoms with Gasteiger partial charge in [0.25, 0.3) is 11.5 Å². The molecular weight excluding hydrogens is 284 g/mol. The number of nitrogens with one attached hydrogen (secondary N) is 2. The van der Waals surface area contributed by atoms with E-state index >= 15 is 0 Å². The predicted octanol–water partition coefficient (Wildman–Crippen LogP) is 2.19. The Kier molecular flexibility index (Phi) is 3.27. The molecule has 1 amide bonds. The zero-order chi connectivity index (χ0) is 15.7. The number of H-pyrrole nitrogens is 1. The zero-order valence-corrected chi connectivity index (χ0v) is 11.3. The summed E-state index contributed by atoms with van der Waals surface area (Å²) in [5, 5.41) is 23.1. The summed E-state index contributed by atoms with van der Waals surface area (Å²) < 4.78 is 0. The van der Waals surface area contributed by atoms with E-state index in [1.54, 1.807) is 36.4 Å². The van der Waals surface area contributed by atoms with Crippen molar-refractivity contribution in [1.29, 1.82) is 0 Å². The minimum Gasteiger partial charge on any atom is -0.507 e. The molecule has 1 aromatic heterocycles. The summed E-state index contributed by atoms with van der Waals surface area (Å²) in [5.74, 6) is -0.798. The highest BCUT2D eigenvalue weighted by Crippen LogP contribution is 2.30. The van der Waals surface area contributed by atoms with Crippen LogP contribution in [0, 0.1) is 0 Å². The summed E-state index contributed by atoms with van der Waals surface area (Å²) in [6.45, 7) is 0. The second-order valence-corrected chi connectivity index (χ2v) is 4.75. The number of aromatic hydroxyl groups is 2. The maximum atomic E-state index is 12.2. The quantitative estimate of drug-likeness (QED) is 0.582. The number of hydrogen-bond acceptors (Lipinski definition) is 4. The molecule has 0 atom stereocenters. The molecule has 0 spiro atoms. The Morgan fingerprint density at radius 3 is 2.50 bits per heavy atom. The molecule has 0 aliphatic heterocycles. The highest BCUT2D eigenvalue weighted by atomic mass is 16.3. The molecule has 0 saturated carbocycles. The lowest BCUT2D eigenvalue weighted by molar-refractivity contribution is 0.102. The Morgan fingerprint density at radius 2 is 1.73 bits per heavy atom. The SMILES string of the molecule is O=C(Nc1cccc2c(O)cccc12)c1cc(O)[nH]c(=O)c1. The van der Waals surface area contributed by atoms with Gasteiger partial charge in [-0.25, -0.2) is 0 Å². The number of phenols is 1. The van der Waals surface area contributed by atoms with E-state index in [0.29, 0.717) is 16.5 Å². The van der Waals surface area contributed by atoms with Gasteiger partial charge in [-0.05, 0) is 12.1 Å². The maximum absolute atomic E-state index is 12.2. The van der Waals surface area contributed by atoms with Crippen molar-refractivity contribution in [2.24, 2.45) is 0 Å². The van der Waals surface area contributed by atoms with Gasteiger partial charge < -0.3 is 15.5 Å². The standard InChI is InChI=1S/C16H12N2O4/c19-13-6-2-3-10-11(13)4-1-5-12(10)17-16(22)9-7-14(20)18-15(21)8-9/h1-8,19H,(H,17,22)(H2,18,20,21). The smallest absolute Gasteiger partial charge is 0.256 e. The Morgan fingerprint density at radius 1 is 1.00 bits per heavy atom. The second kappa shape index (κ2) is 5.25. The van der Waals surface area contributed by atoms with E-state index in [4.69, 9.17) is 0 Å². The summed E-state index contributed by atoms with van der Waals surface area (Å²) in [6, 6.07) is 12.4. The number of anilines is 1. The van der Waals surface area contributed by atoms with Crippen LogP contribution in [0.5, 0.6) is 11.6 Å². The van der Waals surface area contributed by atoms with Crippen LogP contribution in [0.3, 0.4) is 0 Å². The first-order chi connectivity index (χ1) is 10.5. The van der Waals surface area contributed by atoms with Crippen LogP contribution in [0.1, 0.15) is 10.4 Å². The van der Waals surface area contributed by atoms with E-state index in [2.05, 4.69) is 10.3 Å². The number of phenolic OH excluding ortho intramolecular Hbond substituents is 1. The van der Waals surface area contributed by atoms with Crippen molar-refractivity contribution in [3.8, 4) is 11.6 Å². The van der Waals surface area contributed by atoms with Crippen LogP contribution in [-0.4, -0.2) is 21.1 Å². The van der Waals surface area contributed by atoms with Crippen molar-refractivity contribution >= 4 is 22.4 Å². The predicted molar refractivity (Wildman–Crippen MR) is 82.3 cm³/mol. The number of carbonyl (C=O) groups is 1. The Labute approximate surface area is 124 Å². The average Bonchev–Trinajstić information content (AvgIpc) is 2.47. The Balaban J connectivity index is 2.01. The minimum atomic E-state index is -0.569. The zero-order valence-electron chi connectivity index (χ0n) is 11.3. The normalized spacial score (nSPS) is 10.5. The maximum Gasteiger partial charge on any atom is 0.256 e. The van der Waals surface area contributed by atoms with Gasteiger partial charge in [-0.3, -0.25) is 14.6 Å². The van der Waals surface area contributed by atoms with Crippen LogP contribution >= 0.6 is 0 Å². The van der Waals surface area contributed by atoms with Gasteiger partial charge in [0.2, 0.25) is 0 Å². The summed E-state index contributed by atoms with van der Waals surface area (Å²) in [4.78, 5) is 25.7. The molecule has 0 aliphatic carbocycles. The van der Waals surface area contributed by atoms with Crippen LogP contribution in [0.2, 0.25) is 0 Å². The summed E-state index contributed by atoms with van der Waals surface area (Å²) in [5.41, 5.74) is -0.0303. The van der Waals surface area contributed by atoms with Crippen molar-refractivity contribution < 1.29 is 15.0 Å². The number of aromatic amines is 1. The fourth-order valence-corrected chi connectivity index (χ4v) is 2.26. The largest absolute Gasteiger partial charge is 0.507 e. The van der Waals surface area contributed by atoms with Gasteiger partial charge in [0.15, 0.2) is 5.88 Å². The van der Waals surface area contributed by atoms with Gasteiger partial charge in [0.1, 0.15) is 5.75 Å².